The van der Waals surface area contributed by atoms with E-state index in [0.29, 0.717) is 5.82 Å². The molecule has 0 saturated heterocycles. The van der Waals surface area contributed by atoms with Gasteiger partial charge in [-0.3, -0.25) is 0 Å². The first-order valence-electron chi connectivity index (χ1n) is 5.55. The number of aryl methyl sites for hydroxylation is 2. The average Bonchev–Trinajstić information content (AvgIpc) is 2.25. The molecule has 17 heavy (non-hydrogen) atoms. The minimum atomic E-state index is 0.579. The van der Waals surface area contributed by atoms with Crippen molar-refractivity contribution in [1.29, 1.82) is 0 Å². The third-order valence-electron chi connectivity index (χ3n) is 2.44. The SMILES string of the molecule is Cc1cc(C)cc(CSc2ccnc(N)c2)c1. The summed E-state index contributed by atoms with van der Waals surface area (Å²) in [5.41, 5.74) is 9.63. The molecule has 1 aromatic heterocycles. The number of hydrogen-bond acceptors (Lipinski definition) is 3. The predicted octanol–water partition coefficient (Wildman–Crippen LogP) is 3.57. The van der Waals surface area contributed by atoms with Crippen LogP contribution in [0, 0.1) is 13.8 Å². The van der Waals surface area contributed by atoms with E-state index in [0.717, 1.165) is 10.6 Å². The fraction of sp³-hybridized carbons (Fsp3) is 0.214. The highest BCUT2D eigenvalue weighted by molar-refractivity contribution is 7.98. The topological polar surface area (TPSA) is 38.9 Å². The molecule has 2 N–H and O–H groups in total. The zero-order valence-corrected chi connectivity index (χ0v) is 10.9. The van der Waals surface area contributed by atoms with Crippen LogP contribution in [0.2, 0.25) is 0 Å². The summed E-state index contributed by atoms with van der Waals surface area (Å²) in [6, 6.07) is 10.5. The molecule has 0 aliphatic heterocycles. The molecule has 0 saturated carbocycles. The maximum absolute atomic E-state index is 5.65. The summed E-state index contributed by atoms with van der Waals surface area (Å²) in [7, 11) is 0. The molecule has 2 aromatic rings. The summed E-state index contributed by atoms with van der Waals surface area (Å²) in [4.78, 5) is 5.15. The quantitative estimate of drug-likeness (QED) is 0.839. The number of nitrogens with zero attached hydrogens (tertiary/aromatic N) is 1. The first-order valence-corrected chi connectivity index (χ1v) is 6.53. The van der Waals surface area contributed by atoms with Gasteiger partial charge in [-0.25, -0.2) is 4.98 Å². The van der Waals surface area contributed by atoms with Crippen molar-refractivity contribution < 1.29 is 0 Å². The van der Waals surface area contributed by atoms with Crippen LogP contribution in [0.15, 0.2) is 41.4 Å². The molecule has 2 nitrogen and oxygen atoms in total. The zero-order valence-electron chi connectivity index (χ0n) is 10.1. The van der Waals surface area contributed by atoms with Gasteiger partial charge in [-0.2, -0.15) is 0 Å². The van der Waals surface area contributed by atoms with Crippen molar-refractivity contribution in [3.8, 4) is 0 Å². The van der Waals surface area contributed by atoms with Gasteiger partial charge in [0.25, 0.3) is 0 Å². The van der Waals surface area contributed by atoms with Gasteiger partial charge in [-0.15, -0.1) is 11.8 Å². The van der Waals surface area contributed by atoms with Crippen LogP contribution in [0.1, 0.15) is 16.7 Å². The number of anilines is 1. The lowest BCUT2D eigenvalue weighted by Gasteiger charge is -2.05. The lowest BCUT2D eigenvalue weighted by molar-refractivity contribution is 1.26. The van der Waals surface area contributed by atoms with Gasteiger partial charge >= 0.3 is 0 Å². The molecule has 0 unspecified atom stereocenters. The van der Waals surface area contributed by atoms with Crippen molar-refractivity contribution in [3.63, 3.8) is 0 Å². The number of nitrogen functional groups attached to an aromatic ring is 1. The molecule has 88 valence electrons. The highest BCUT2D eigenvalue weighted by atomic mass is 32.2. The molecule has 0 spiro atoms. The molecular weight excluding hydrogens is 228 g/mol. The van der Waals surface area contributed by atoms with Crippen molar-refractivity contribution in [2.45, 2.75) is 24.5 Å². The Hall–Kier alpha value is -1.48. The molecule has 1 aromatic carbocycles. The van der Waals surface area contributed by atoms with Gasteiger partial charge in [-0.05, 0) is 31.5 Å². The van der Waals surface area contributed by atoms with Crippen LogP contribution in [0.4, 0.5) is 5.82 Å². The summed E-state index contributed by atoms with van der Waals surface area (Å²) >= 11 is 1.79. The lowest BCUT2D eigenvalue weighted by atomic mass is 10.1. The molecule has 0 amide bonds. The molecule has 3 heteroatoms. The molecule has 0 atom stereocenters. The van der Waals surface area contributed by atoms with E-state index in [1.165, 1.54) is 16.7 Å². The Labute approximate surface area is 106 Å². The van der Waals surface area contributed by atoms with Gasteiger partial charge in [0.05, 0.1) is 0 Å². The van der Waals surface area contributed by atoms with E-state index >= 15 is 0 Å². The fourth-order valence-corrected chi connectivity index (χ4v) is 2.70. The van der Waals surface area contributed by atoms with Crippen molar-refractivity contribution in [2.75, 3.05) is 5.73 Å². The van der Waals surface area contributed by atoms with Crippen LogP contribution < -0.4 is 5.73 Å². The average molecular weight is 244 g/mol. The van der Waals surface area contributed by atoms with E-state index in [1.807, 2.05) is 12.1 Å². The molecular formula is C14H16N2S. The standard InChI is InChI=1S/C14H16N2S/c1-10-5-11(2)7-12(6-10)9-17-13-3-4-16-14(15)8-13/h3-8H,9H2,1-2H3,(H2,15,16). The predicted molar refractivity (Wildman–Crippen MR) is 74.1 cm³/mol. The second kappa shape index (κ2) is 5.23. The third-order valence-corrected chi connectivity index (χ3v) is 3.50. The monoisotopic (exact) mass is 244 g/mol. The van der Waals surface area contributed by atoms with E-state index in [1.54, 1.807) is 18.0 Å². The highest BCUT2D eigenvalue weighted by Gasteiger charge is 1.99. The largest absolute Gasteiger partial charge is 0.384 e. The van der Waals surface area contributed by atoms with E-state index in [-0.39, 0.29) is 0 Å². The van der Waals surface area contributed by atoms with Gasteiger partial charge in [0.1, 0.15) is 5.82 Å². The zero-order chi connectivity index (χ0) is 12.3. The van der Waals surface area contributed by atoms with Crippen LogP contribution in [0.5, 0.6) is 0 Å². The second-order valence-electron chi connectivity index (χ2n) is 4.20. The summed E-state index contributed by atoms with van der Waals surface area (Å²) < 4.78 is 0. The Morgan fingerprint density at radius 1 is 1.12 bits per heavy atom. The van der Waals surface area contributed by atoms with Crippen LogP contribution in [-0.2, 0) is 5.75 Å². The number of aromatic nitrogens is 1. The van der Waals surface area contributed by atoms with Crippen molar-refractivity contribution in [1.82, 2.24) is 4.98 Å². The van der Waals surface area contributed by atoms with E-state index in [9.17, 15) is 0 Å². The number of rotatable bonds is 3. The minimum absolute atomic E-state index is 0.579. The Kier molecular flexibility index (Phi) is 3.69. The minimum Gasteiger partial charge on any atom is -0.384 e. The first-order chi connectivity index (χ1) is 8.13. The summed E-state index contributed by atoms with van der Waals surface area (Å²) in [6.07, 6.45) is 1.75. The first kappa shape index (κ1) is 12.0. The molecule has 2 rings (SSSR count). The third kappa shape index (κ3) is 3.49. The Balaban J connectivity index is 2.07. The van der Waals surface area contributed by atoms with Gasteiger partial charge in [0.2, 0.25) is 0 Å². The Morgan fingerprint density at radius 3 is 2.47 bits per heavy atom. The number of hydrogen-bond donors (Lipinski definition) is 1. The van der Waals surface area contributed by atoms with Crippen molar-refractivity contribution in [2.24, 2.45) is 0 Å². The Morgan fingerprint density at radius 2 is 1.82 bits per heavy atom. The summed E-state index contributed by atoms with van der Waals surface area (Å²) in [5.74, 6) is 1.54. The highest BCUT2D eigenvalue weighted by Crippen LogP contribution is 2.24. The van der Waals surface area contributed by atoms with Crippen LogP contribution in [-0.4, -0.2) is 4.98 Å². The van der Waals surface area contributed by atoms with Crippen LogP contribution in [0.3, 0.4) is 0 Å². The fourth-order valence-electron chi connectivity index (χ4n) is 1.84. The molecule has 0 radical (unpaired) electrons. The van der Waals surface area contributed by atoms with Gasteiger partial charge in [-0.1, -0.05) is 29.3 Å². The van der Waals surface area contributed by atoms with E-state index in [4.69, 9.17) is 5.73 Å². The van der Waals surface area contributed by atoms with Gasteiger partial charge in [0.15, 0.2) is 0 Å². The van der Waals surface area contributed by atoms with Gasteiger partial charge in [0, 0.05) is 16.8 Å². The normalized spacial score (nSPS) is 10.5. The molecule has 0 aliphatic rings. The number of benzene rings is 1. The smallest absolute Gasteiger partial charge is 0.124 e. The van der Waals surface area contributed by atoms with Crippen LogP contribution >= 0.6 is 11.8 Å². The van der Waals surface area contributed by atoms with Crippen molar-refractivity contribution in [3.05, 3.63) is 53.2 Å². The van der Waals surface area contributed by atoms with Crippen molar-refractivity contribution >= 4 is 17.6 Å². The van der Waals surface area contributed by atoms with E-state index < -0.39 is 0 Å². The summed E-state index contributed by atoms with van der Waals surface area (Å²) in [6.45, 7) is 4.26. The van der Waals surface area contributed by atoms with E-state index in [2.05, 4.69) is 37.0 Å². The molecule has 0 fully saturated rings. The summed E-state index contributed by atoms with van der Waals surface area (Å²) in [5, 5.41) is 0. The molecule has 1 heterocycles. The Bertz CT molecular complexity index is 503. The number of pyridine rings is 1. The second-order valence-corrected chi connectivity index (χ2v) is 5.25. The number of thioether (sulfide) groups is 1. The number of nitrogens with two attached hydrogens (primary N) is 1. The van der Waals surface area contributed by atoms with Gasteiger partial charge < -0.3 is 5.73 Å². The van der Waals surface area contributed by atoms with Crippen LogP contribution in [0.25, 0.3) is 0 Å². The maximum atomic E-state index is 5.65. The maximum Gasteiger partial charge on any atom is 0.124 e. The molecule has 0 bridgehead atoms. The lowest BCUT2D eigenvalue weighted by Crippen LogP contribution is -1.89. The molecule has 0 aliphatic carbocycles.